The Hall–Kier alpha value is -2.83. The lowest BCUT2D eigenvalue weighted by molar-refractivity contribution is -0.120. The molecule has 1 N–H and O–H groups in total. The zero-order valence-electron chi connectivity index (χ0n) is 16.9. The van der Waals surface area contributed by atoms with Gasteiger partial charge in [-0.15, -0.1) is 23.7 Å². The summed E-state index contributed by atoms with van der Waals surface area (Å²) in [7, 11) is 1.65. The summed E-state index contributed by atoms with van der Waals surface area (Å²) < 4.78 is 7.21. The average molecular weight is 442 g/mol. The molecule has 0 aliphatic rings. The van der Waals surface area contributed by atoms with Gasteiger partial charge in [0.2, 0.25) is 5.91 Å². The summed E-state index contributed by atoms with van der Waals surface area (Å²) in [6, 6.07) is 16.2. The lowest BCUT2D eigenvalue weighted by atomic mass is 10.1. The van der Waals surface area contributed by atoms with E-state index in [-0.39, 0.29) is 18.3 Å². The first-order chi connectivity index (χ1) is 14.1. The number of aryl methyl sites for hydroxylation is 1. The molecule has 0 saturated heterocycles. The van der Waals surface area contributed by atoms with Crippen LogP contribution in [0.2, 0.25) is 0 Å². The van der Waals surface area contributed by atoms with Gasteiger partial charge in [0.25, 0.3) is 0 Å². The van der Waals surface area contributed by atoms with E-state index in [2.05, 4.69) is 41.5 Å². The molecule has 0 radical (unpaired) electrons. The number of hydrogen-bond donors (Lipinski definition) is 1. The molecule has 0 atom stereocenters. The quantitative estimate of drug-likeness (QED) is 0.452. The van der Waals surface area contributed by atoms with Crippen molar-refractivity contribution in [2.24, 2.45) is 0 Å². The van der Waals surface area contributed by atoms with E-state index in [0.717, 1.165) is 34.1 Å². The number of rotatable bonds is 7. The Morgan fingerprint density at radius 2 is 1.87 bits per heavy atom. The van der Waals surface area contributed by atoms with Gasteiger partial charge in [0.1, 0.15) is 5.75 Å². The molecule has 0 unspecified atom stereocenters. The largest absolute Gasteiger partial charge is 0.497 e. The number of nitrogens with zero attached hydrogens (tertiary/aromatic N) is 2. The second-order valence-electron chi connectivity index (χ2n) is 7.00. The Kier molecular flexibility index (Phi) is 7.13. The fraction of sp³-hybridized carbons (Fsp3) is 0.217. The number of aromatic nitrogens is 2. The number of carbonyl (C=O) groups excluding carboxylic acids is 1. The molecule has 0 fully saturated rings. The maximum atomic E-state index is 12.4. The van der Waals surface area contributed by atoms with E-state index in [9.17, 15) is 4.79 Å². The van der Waals surface area contributed by atoms with Crippen molar-refractivity contribution in [3.63, 3.8) is 0 Å². The number of benzene rings is 2. The number of carbonyl (C=O) groups is 1. The van der Waals surface area contributed by atoms with Gasteiger partial charge in [-0.05, 0) is 43.2 Å². The SMILES string of the molecule is COc1ccc(-c2cn3c(CC(=O)NCCc4ccc(C)cc4)csc3n2)cc1.Cl. The third-order valence-electron chi connectivity index (χ3n) is 4.87. The minimum absolute atomic E-state index is 0. The van der Waals surface area contributed by atoms with Crippen LogP contribution in [0.25, 0.3) is 16.2 Å². The molecule has 1 amide bonds. The van der Waals surface area contributed by atoms with E-state index in [4.69, 9.17) is 4.74 Å². The number of halogens is 1. The maximum absolute atomic E-state index is 12.4. The van der Waals surface area contributed by atoms with Crippen LogP contribution >= 0.6 is 23.7 Å². The number of fused-ring (bicyclic) bond motifs is 1. The van der Waals surface area contributed by atoms with E-state index in [1.165, 1.54) is 11.1 Å². The van der Waals surface area contributed by atoms with Crippen LogP contribution in [-0.4, -0.2) is 28.9 Å². The normalized spacial score (nSPS) is 10.6. The standard InChI is InChI=1S/C23H23N3O2S.ClH/c1-16-3-5-17(6-4-16)11-12-24-22(27)13-19-15-29-23-25-21(14-26(19)23)18-7-9-20(28-2)10-8-18;/h3-10,14-15H,11-13H2,1-2H3,(H,24,27);1H. The van der Waals surface area contributed by atoms with Crippen LogP contribution in [0, 0.1) is 6.92 Å². The molecule has 0 spiro atoms. The summed E-state index contributed by atoms with van der Waals surface area (Å²) in [5.74, 6) is 0.842. The molecule has 0 bridgehead atoms. The summed E-state index contributed by atoms with van der Waals surface area (Å²) in [4.78, 5) is 18.0. The Morgan fingerprint density at radius 3 is 2.57 bits per heavy atom. The fourth-order valence-electron chi connectivity index (χ4n) is 3.19. The molecule has 7 heteroatoms. The van der Waals surface area contributed by atoms with Gasteiger partial charge in [0, 0.05) is 29.4 Å². The van der Waals surface area contributed by atoms with Gasteiger partial charge in [0.05, 0.1) is 19.2 Å². The van der Waals surface area contributed by atoms with Gasteiger partial charge in [-0.2, -0.15) is 0 Å². The zero-order chi connectivity index (χ0) is 20.2. The predicted octanol–water partition coefficient (Wildman–Crippen LogP) is 4.70. The molecular weight excluding hydrogens is 418 g/mol. The van der Waals surface area contributed by atoms with Crippen molar-refractivity contribution < 1.29 is 9.53 Å². The number of amides is 1. The first-order valence-electron chi connectivity index (χ1n) is 9.54. The third kappa shape index (κ3) is 5.01. The van der Waals surface area contributed by atoms with E-state index in [0.29, 0.717) is 13.0 Å². The molecule has 2 aromatic carbocycles. The van der Waals surface area contributed by atoms with E-state index in [1.807, 2.05) is 40.2 Å². The van der Waals surface area contributed by atoms with Crippen molar-refractivity contribution in [1.29, 1.82) is 0 Å². The van der Waals surface area contributed by atoms with Crippen molar-refractivity contribution in [1.82, 2.24) is 14.7 Å². The molecule has 2 aromatic heterocycles. The molecule has 4 aromatic rings. The predicted molar refractivity (Wildman–Crippen MR) is 124 cm³/mol. The van der Waals surface area contributed by atoms with Gasteiger partial charge in [-0.1, -0.05) is 29.8 Å². The Balaban J connectivity index is 0.00000256. The highest BCUT2D eigenvalue weighted by atomic mass is 35.5. The van der Waals surface area contributed by atoms with Crippen LogP contribution in [0.3, 0.4) is 0 Å². The second kappa shape index (κ2) is 9.78. The molecule has 2 heterocycles. The van der Waals surface area contributed by atoms with E-state index in [1.54, 1.807) is 18.4 Å². The third-order valence-corrected chi connectivity index (χ3v) is 5.76. The Labute approximate surface area is 186 Å². The molecule has 0 saturated carbocycles. The smallest absolute Gasteiger partial charge is 0.225 e. The molecule has 5 nitrogen and oxygen atoms in total. The number of imidazole rings is 1. The Bertz CT molecular complexity index is 1120. The summed E-state index contributed by atoms with van der Waals surface area (Å²) >= 11 is 1.55. The lowest BCUT2D eigenvalue weighted by Gasteiger charge is -2.05. The minimum Gasteiger partial charge on any atom is -0.497 e. The van der Waals surface area contributed by atoms with Crippen LogP contribution in [-0.2, 0) is 17.6 Å². The highest BCUT2D eigenvalue weighted by Crippen LogP contribution is 2.25. The van der Waals surface area contributed by atoms with Gasteiger partial charge in [-0.25, -0.2) is 4.98 Å². The van der Waals surface area contributed by atoms with Crippen molar-refractivity contribution >= 4 is 34.6 Å². The number of methoxy groups -OCH3 is 1. The zero-order valence-corrected chi connectivity index (χ0v) is 18.6. The number of thiazole rings is 1. The molecule has 156 valence electrons. The van der Waals surface area contributed by atoms with Crippen molar-refractivity contribution in [3.8, 4) is 17.0 Å². The van der Waals surface area contributed by atoms with E-state index >= 15 is 0 Å². The van der Waals surface area contributed by atoms with Crippen LogP contribution in [0.5, 0.6) is 5.75 Å². The van der Waals surface area contributed by atoms with Crippen LogP contribution < -0.4 is 10.1 Å². The fourth-order valence-corrected chi connectivity index (χ4v) is 4.06. The summed E-state index contributed by atoms with van der Waals surface area (Å²) in [6.07, 6.45) is 3.16. The highest BCUT2D eigenvalue weighted by Gasteiger charge is 2.12. The minimum atomic E-state index is 0. The number of ether oxygens (including phenoxy) is 1. The Morgan fingerprint density at radius 1 is 1.13 bits per heavy atom. The number of nitrogens with one attached hydrogen (secondary N) is 1. The second-order valence-corrected chi connectivity index (χ2v) is 7.83. The van der Waals surface area contributed by atoms with Gasteiger partial charge < -0.3 is 10.1 Å². The first kappa shape index (κ1) is 21.9. The molecule has 30 heavy (non-hydrogen) atoms. The molecular formula is C23H24ClN3O2S. The molecule has 0 aliphatic carbocycles. The monoisotopic (exact) mass is 441 g/mol. The van der Waals surface area contributed by atoms with Gasteiger partial charge >= 0.3 is 0 Å². The highest BCUT2D eigenvalue weighted by molar-refractivity contribution is 7.15. The summed E-state index contributed by atoms with van der Waals surface area (Å²) in [5.41, 5.74) is 5.34. The van der Waals surface area contributed by atoms with Crippen molar-refractivity contribution in [2.45, 2.75) is 19.8 Å². The van der Waals surface area contributed by atoms with Gasteiger partial charge in [-0.3, -0.25) is 9.20 Å². The molecule has 0 aliphatic heterocycles. The maximum Gasteiger partial charge on any atom is 0.225 e. The average Bonchev–Trinajstić information content (AvgIpc) is 3.32. The van der Waals surface area contributed by atoms with Gasteiger partial charge in [0.15, 0.2) is 4.96 Å². The van der Waals surface area contributed by atoms with Crippen molar-refractivity contribution in [2.75, 3.05) is 13.7 Å². The lowest BCUT2D eigenvalue weighted by Crippen LogP contribution is -2.27. The van der Waals surface area contributed by atoms with Crippen molar-refractivity contribution in [3.05, 3.63) is 76.9 Å². The van der Waals surface area contributed by atoms with Crippen LogP contribution in [0.4, 0.5) is 0 Å². The molecule has 4 rings (SSSR count). The topological polar surface area (TPSA) is 55.6 Å². The van der Waals surface area contributed by atoms with E-state index < -0.39 is 0 Å². The summed E-state index contributed by atoms with van der Waals surface area (Å²) in [5, 5.41) is 5.02. The van der Waals surface area contributed by atoms with Crippen LogP contribution in [0.1, 0.15) is 16.8 Å². The first-order valence-corrected chi connectivity index (χ1v) is 10.4. The summed E-state index contributed by atoms with van der Waals surface area (Å²) in [6.45, 7) is 2.71. The number of hydrogen-bond acceptors (Lipinski definition) is 4. The van der Waals surface area contributed by atoms with Crippen LogP contribution in [0.15, 0.2) is 60.1 Å².